The van der Waals surface area contributed by atoms with Crippen LogP contribution in [0.25, 0.3) is 0 Å². The van der Waals surface area contributed by atoms with Crippen molar-refractivity contribution < 1.29 is 9.90 Å². The van der Waals surface area contributed by atoms with Gasteiger partial charge in [-0.2, -0.15) is 0 Å². The Bertz CT molecular complexity index is 938. The van der Waals surface area contributed by atoms with Crippen LogP contribution in [-0.2, 0) is 12.8 Å². The number of nitrogens with zero attached hydrogens (tertiary/aromatic N) is 2. The van der Waals surface area contributed by atoms with Gasteiger partial charge in [0.25, 0.3) is 5.91 Å². The molecule has 1 fully saturated rings. The van der Waals surface area contributed by atoms with Gasteiger partial charge in [0.05, 0.1) is 0 Å². The molecule has 2 aromatic carbocycles. The first-order valence-corrected chi connectivity index (χ1v) is 10.8. The van der Waals surface area contributed by atoms with Crippen LogP contribution in [0.5, 0.6) is 0 Å². The number of hydrogen-bond acceptors (Lipinski definition) is 3. The third kappa shape index (κ3) is 4.92. The van der Waals surface area contributed by atoms with Gasteiger partial charge in [-0.15, -0.1) is 0 Å². The summed E-state index contributed by atoms with van der Waals surface area (Å²) in [5.41, 5.74) is 3.44. The highest BCUT2D eigenvalue weighted by Gasteiger charge is 2.29. The number of carbonyl (C=O) groups excluding carboxylic acids is 1. The summed E-state index contributed by atoms with van der Waals surface area (Å²) in [6, 6.07) is 16.7. The highest BCUT2D eigenvalue weighted by molar-refractivity contribution is 5.94. The lowest BCUT2D eigenvalue weighted by molar-refractivity contribution is 0.0758. The fourth-order valence-electron chi connectivity index (χ4n) is 4.40. The van der Waals surface area contributed by atoms with Gasteiger partial charge in [-0.1, -0.05) is 36.1 Å². The van der Waals surface area contributed by atoms with E-state index in [-0.39, 0.29) is 5.91 Å². The van der Waals surface area contributed by atoms with Crippen LogP contribution >= 0.6 is 0 Å². The predicted octanol–water partition coefficient (Wildman–Crippen LogP) is 3.12. The first-order chi connectivity index (χ1) is 14.4. The van der Waals surface area contributed by atoms with Crippen molar-refractivity contribution in [1.29, 1.82) is 0 Å². The van der Waals surface area contributed by atoms with Crippen molar-refractivity contribution in [2.75, 3.05) is 26.2 Å². The van der Waals surface area contributed by atoms with E-state index in [9.17, 15) is 9.90 Å². The lowest BCUT2D eigenvalue weighted by Crippen LogP contribution is -2.40. The quantitative estimate of drug-likeness (QED) is 0.785. The molecule has 1 heterocycles. The van der Waals surface area contributed by atoms with Crippen molar-refractivity contribution in [3.05, 3.63) is 70.8 Å². The molecule has 0 saturated carbocycles. The average Bonchev–Trinajstić information content (AvgIpc) is 3.01. The van der Waals surface area contributed by atoms with Gasteiger partial charge in [0.1, 0.15) is 5.60 Å². The molecule has 2 aromatic rings. The summed E-state index contributed by atoms with van der Waals surface area (Å²) in [5, 5.41) is 9.73. The molecule has 4 heteroatoms. The van der Waals surface area contributed by atoms with E-state index in [1.54, 1.807) is 13.8 Å². The van der Waals surface area contributed by atoms with Gasteiger partial charge in [-0.3, -0.25) is 9.69 Å². The number of fused-ring (bicyclic) bond motifs is 1. The first kappa shape index (κ1) is 20.7. The summed E-state index contributed by atoms with van der Waals surface area (Å²) in [4.78, 5) is 17.6. The molecular formula is C26H30N2O2. The van der Waals surface area contributed by atoms with E-state index in [1.165, 1.54) is 11.1 Å². The van der Waals surface area contributed by atoms with Gasteiger partial charge in [0.15, 0.2) is 0 Å². The molecule has 1 amide bonds. The van der Waals surface area contributed by atoms with Crippen LogP contribution in [0.2, 0.25) is 0 Å². The maximum atomic E-state index is 13.0. The molecule has 0 radical (unpaired) electrons. The second-order valence-corrected chi connectivity index (χ2v) is 8.90. The standard InChI is InChI=1S/C26H30N2O2/c1-26(2,30)13-12-20-8-10-21(11-9-20)25(29)28-15-5-14-27(16-17-28)24-18-22-6-3-4-7-23(22)19-24/h3-4,6-11,24,30H,5,14-19H2,1-2H3. The molecule has 2 aliphatic rings. The zero-order valence-electron chi connectivity index (χ0n) is 17.9. The smallest absolute Gasteiger partial charge is 0.253 e. The summed E-state index contributed by atoms with van der Waals surface area (Å²) in [6.07, 6.45) is 3.25. The highest BCUT2D eigenvalue weighted by atomic mass is 16.3. The Morgan fingerprint density at radius 1 is 0.967 bits per heavy atom. The molecule has 0 atom stereocenters. The minimum Gasteiger partial charge on any atom is -0.378 e. The van der Waals surface area contributed by atoms with Crippen LogP contribution in [0, 0.1) is 11.8 Å². The molecule has 1 N–H and O–H groups in total. The molecule has 0 unspecified atom stereocenters. The van der Waals surface area contributed by atoms with Gasteiger partial charge in [0.2, 0.25) is 0 Å². The summed E-state index contributed by atoms with van der Waals surface area (Å²) in [5.74, 6) is 5.85. The molecule has 30 heavy (non-hydrogen) atoms. The number of carbonyl (C=O) groups is 1. The normalized spacial score (nSPS) is 17.8. The fraction of sp³-hybridized carbons (Fsp3) is 0.423. The molecule has 0 spiro atoms. The van der Waals surface area contributed by atoms with Crippen LogP contribution < -0.4 is 0 Å². The lowest BCUT2D eigenvalue weighted by Gasteiger charge is -2.27. The van der Waals surface area contributed by atoms with Crippen molar-refractivity contribution >= 4 is 5.91 Å². The molecule has 1 aliphatic carbocycles. The fourth-order valence-corrected chi connectivity index (χ4v) is 4.40. The van der Waals surface area contributed by atoms with Crippen LogP contribution in [0.4, 0.5) is 0 Å². The summed E-state index contributed by atoms with van der Waals surface area (Å²) in [7, 11) is 0. The van der Waals surface area contributed by atoms with Gasteiger partial charge in [0, 0.05) is 43.3 Å². The number of amides is 1. The number of aliphatic hydroxyl groups is 1. The number of rotatable bonds is 2. The Kier molecular flexibility index (Phi) is 5.94. The molecule has 1 aliphatic heterocycles. The summed E-state index contributed by atoms with van der Waals surface area (Å²) in [6.45, 7) is 6.87. The molecule has 4 rings (SSSR count). The van der Waals surface area contributed by atoms with Gasteiger partial charge in [-0.25, -0.2) is 0 Å². The van der Waals surface area contributed by atoms with Crippen molar-refractivity contribution in [3.63, 3.8) is 0 Å². The van der Waals surface area contributed by atoms with E-state index < -0.39 is 5.60 Å². The van der Waals surface area contributed by atoms with E-state index in [0.717, 1.165) is 51.0 Å². The van der Waals surface area contributed by atoms with Gasteiger partial charge >= 0.3 is 0 Å². The average molecular weight is 403 g/mol. The van der Waals surface area contributed by atoms with Crippen molar-refractivity contribution in [2.24, 2.45) is 0 Å². The topological polar surface area (TPSA) is 43.8 Å². The molecular weight excluding hydrogens is 372 g/mol. The van der Waals surface area contributed by atoms with Gasteiger partial charge < -0.3 is 10.0 Å². The molecule has 1 saturated heterocycles. The first-order valence-electron chi connectivity index (χ1n) is 10.8. The third-order valence-corrected chi connectivity index (χ3v) is 6.01. The van der Waals surface area contributed by atoms with Crippen molar-refractivity contribution in [1.82, 2.24) is 9.80 Å². The zero-order valence-corrected chi connectivity index (χ0v) is 17.9. The molecule has 0 bridgehead atoms. The van der Waals surface area contributed by atoms with Crippen LogP contribution in [0.3, 0.4) is 0 Å². The Hall–Kier alpha value is -2.61. The van der Waals surface area contributed by atoms with E-state index in [4.69, 9.17) is 0 Å². The maximum absolute atomic E-state index is 13.0. The zero-order chi connectivity index (χ0) is 21.1. The predicted molar refractivity (Wildman–Crippen MR) is 119 cm³/mol. The Labute approximate surface area is 179 Å². The Morgan fingerprint density at radius 3 is 2.27 bits per heavy atom. The number of hydrogen-bond donors (Lipinski definition) is 1. The van der Waals surface area contributed by atoms with Crippen molar-refractivity contribution in [2.45, 2.75) is 44.8 Å². The SMILES string of the molecule is CC(C)(O)C#Cc1ccc(C(=O)N2CCCN(C3Cc4ccccc4C3)CC2)cc1. The Morgan fingerprint density at radius 2 is 1.63 bits per heavy atom. The monoisotopic (exact) mass is 402 g/mol. The maximum Gasteiger partial charge on any atom is 0.253 e. The molecule has 0 aromatic heterocycles. The van der Waals surface area contributed by atoms with Gasteiger partial charge in [-0.05, 0) is 68.5 Å². The molecule has 4 nitrogen and oxygen atoms in total. The van der Waals surface area contributed by atoms with E-state index in [0.29, 0.717) is 11.6 Å². The van der Waals surface area contributed by atoms with Crippen LogP contribution in [0.1, 0.15) is 47.3 Å². The summed E-state index contributed by atoms with van der Waals surface area (Å²) < 4.78 is 0. The van der Waals surface area contributed by atoms with Crippen LogP contribution in [0.15, 0.2) is 48.5 Å². The second-order valence-electron chi connectivity index (χ2n) is 8.90. The van der Waals surface area contributed by atoms with E-state index >= 15 is 0 Å². The largest absolute Gasteiger partial charge is 0.378 e. The van der Waals surface area contributed by atoms with E-state index in [2.05, 4.69) is 41.0 Å². The third-order valence-electron chi connectivity index (χ3n) is 6.01. The minimum absolute atomic E-state index is 0.0913. The lowest BCUT2D eigenvalue weighted by atomic mass is 10.1. The highest BCUT2D eigenvalue weighted by Crippen LogP contribution is 2.26. The number of benzene rings is 2. The summed E-state index contributed by atoms with van der Waals surface area (Å²) >= 11 is 0. The van der Waals surface area contributed by atoms with Crippen molar-refractivity contribution in [3.8, 4) is 11.8 Å². The van der Waals surface area contributed by atoms with Crippen LogP contribution in [-0.4, -0.2) is 58.6 Å². The second kappa shape index (κ2) is 8.63. The molecule has 156 valence electrons. The Balaban J connectivity index is 1.36. The minimum atomic E-state index is -1.02. The van der Waals surface area contributed by atoms with E-state index in [1.807, 2.05) is 29.2 Å².